The highest BCUT2D eigenvalue weighted by molar-refractivity contribution is 5.94. The number of ether oxygens (including phenoxy) is 2. The van der Waals surface area contributed by atoms with Gasteiger partial charge in [-0.2, -0.15) is 0 Å². The lowest BCUT2D eigenvalue weighted by Gasteiger charge is -2.19. The van der Waals surface area contributed by atoms with Gasteiger partial charge in [0.1, 0.15) is 5.75 Å². The maximum absolute atomic E-state index is 12.3. The van der Waals surface area contributed by atoms with Crippen molar-refractivity contribution in [1.82, 2.24) is 5.32 Å². The summed E-state index contributed by atoms with van der Waals surface area (Å²) in [7, 11) is 0. The molecule has 0 fully saturated rings. The van der Waals surface area contributed by atoms with Crippen molar-refractivity contribution < 1.29 is 19.4 Å². The summed E-state index contributed by atoms with van der Waals surface area (Å²) in [6, 6.07) is 15.0. The third kappa shape index (κ3) is 5.89. The highest BCUT2D eigenvalue weighted by Gasteiger charge is 2.14. The second-order valence-corrected chi connectivity index (χ2v) is 5.66. The van der Waals surface area contributed by atoms with Crippen LogP contribution in [0.5, 0.6) is 5.75 Å². The minimum absolute atomic E-state index is 0.0603. The van der Waals surface area contributed by atoms with Crippen LogP contribution in [0.1, 0.15) is 34.5 Å². The molecule has 0 aliphatic heterocycles. The van der Waals surface area contributed by atoms with E-state index in [1.165, 1.54) is 0 Å². The smallest absolute Gasteiger partial charge is 0.251 e. The van der Waals surface area contributed by atoms with Crippen molar-refractivity contribution >= 4 is 5.91 Å². The number of hydrogen-bond donors (Lipinski definition) is 2. The highest BCUT2D eigenvalue weighted by atomic mass is 16.5. The predicted octanol–water partition coefficient (Wildman–Crippen LogP) is 2.87. The fraction of sp³-hybridized carbons (Fsp3) is 0.350. The molecule has 134 valence electrons. The Morgan fingerprint density at radius 1 is 1.12 bits per heavy atom. The Bertz CT molecular complexity index is 652. The molecule has 5 heteroatoms. The molecule has 5 nitrogen and oxygen atoms in total. The quantitative estimate of drug-likeness (QED) is 0.735. The van der Waals surface area contributed by atoms with Crippen molar-refractivity contribution in [2.75, 3.05) is 26.4 Å². The van der Waals surface area contributed by atoms with Crippen LogP contribution in [0.3, 0.4) is 0 Å². The van der Waals surface area contributed by atoms with E-state index in [-0.39, 0.29) is 25.2 Å². The molecule has 0 aliphatic carbocycles. The number of amides is 1. The Balaban J connectivity index is 1.98. The molecule has 0 aliphatic rings. The lowest BCUT2D eigenvalue weighted by molar-refractivity contribution is 0.0277. The molecular weight excluding hydrogens is 318 g/mol. The van der Waals surface area contributed by atoms with Crippen LogP contribution in [0.15, 0.2) is 48.5 Å². The molecular formula is C20H25NO4. The topological polar surface area (TPSA) is 67.8 Å². The van der Waals surface area contributed by atoms with Crippen molar-refractivity contribution in [1.29, 1.82) is 0 Å². The summed E-state index contributed by atoms with van der Waals surface area (Å²) in [6.45, 7) is 5.01. The molecule has 2 rings (SSSR count). The highest BCUT2D eigenvalue weighted by Crippen LogP contribution is 2.18. The average molecular weight is 343 g/mol. The summed E-state index contributed by atoms with van der Waals surface area (Å²) < 4.78 is 11.0. The van der Waals surface area contributed by atoms with Gasteiger partial charge in [0.2, 0.25) is 0 Å². The summed E-state index contributed by atoms with van der Waals surface area (Å²) >= 11 is 0. The first kappa shape index (κ1) is 19.0. The zero-order valence-electron chi connectivity index (χ0n) is 14.7. The van der Waals surface area contributed by atoms with E-state index in [1.54, 1.807) is 24.3 Å². The number of aliphatic hydroxyl groups excluding tert-OH is 1. The van der Waals surface area contributed by atoms with Crippen LogP contribution >= 0.6 is 0 Å². The van der Waals surface area contributed by atoms with Crippen LogP contribution in [0.2, 0.25) is 0 Å². The first-order valence-corrected chi connectivity index (χ1v) is 8.44. The largest absolute Gasteiger partial charge is 0.494 e. The van der Waals surface area contributed by atoms with E-state index in [0.717, 1.165) is 16.9 Å². The van der Waals surface area contributed by atoms with Crippen molar-refractivity contribution in [3.8, 4) is 5.75 Å². The second kappa shape index (κ2) is 9.81. The molecule has 0 bridgehead atoms. The number of aryl methyl sites for hydroxylation is 1. The lowest BCUT2D eigenvalue weighted by Crippen LogP contribution is -2.30. The van der Waals surface area contributed by atoms with Crippen molar-refractivity contribution in [3.05, 3.63) is 65.2 Å². The third-order valence-electron chi connectivity index (χ3n) is 3.73. The number of aliphatic hydroxyl groups is 1. The Morgan fingerprint density at radius 2 is 1.80 bits per heavy atom. The number of hydrogen-bond acceptors (Lipinski definition) is 4. The van der Waals surface area contributed by atoms with Gasteiger partial charge in [0.15, 0.2) is 0 Å². The van der Waals surface area contributed by atoms with Crippen molar-refractivity contribution in [3.63, 3.8) is 0 Å². The van der Waals surface area contributed by atoms with Gasteiger partial charge in [-0.25, -0.2) is 0 Å². The molecule has 0 heterocycles. The summed E-state index contributed by atoms with van der Waals surface area (Å²) in [5.74, 6) is 0.565. The molecule has 0 saturated heterocycles. The van der Waals surface area contributed by atoms with Gasteiger partial charge in [0.25, 0.3) is 5.91 Å². The summed E-state index contributed by atoms with van der Waals surface area (Å²) in [5.41, 5.74) is 2.68. The molecule has 2 aromatic carbocycles. The van der Waals surface area contributed by atoms with Gasteiger partial charge >= 0.3 is 0 Å². The number of rotatable bonds is 9. The SMILES string of the molecule is CCOc1ccc(C(=O)NCC(OCCO)c2ccc(C)cc2)cc1. The van der Waals surface area contributed by atoms with E-state index in [0.29, 0.717) is 18.7 Å². The molecule has 0 saturated carbocycles. The number of carbonyl (C=O) groups is 1. The molecule has 2 N–H and O–H groups in total. The standard InChI is InChI=1S/C20H25NO4/c1-3-24-18-10-8-17(9-11-18)20(23)21-14-19(25-13-12-22)16-6-4-15(2)5-7-16/h4-11,19,22H,3,12-14H2,1-2H3,(H,21,23). The van der Waals surface area contributed by atoms with E-state index in [9.17, 15) is 4.79 Å². The number of nitrogens with one attached hydrogen (secondary N) is 1. The second-order valence-electron chi connectivity index (χ2n) is 5.66. The molecule has 0 spiro atoms. The van der Waals surface area contributed by atoms with E-state index in [4.69, 9.17) is 14.6 Å². The molecule has 25 heavy (non-hydrogen) atoms. The predicted molar refractivity (Wildman–Crippen MR) is 96.9 cm³/mol. The molecule has 1 atom stereocenters. The Kier molecular flexibility index (Phi) is 7.44. The Labute approximate surface area is 148 Å². The summed E-state index contributed by atoms with van der Waals surface area (Å²) in [6.07, 6.45) is -0.306. The van der Waals surface area contributed by atoms with Gasteiger partial charge < -0.3 is 19.9 Å². The minimum atomic E-state index is -0.306. The Morgan fingerprint density at radius 3 is 2.40 bits per heavy atom. The molecule has 1 unspecified atom stereocenters. The monoisotopic (exact) mass is 343 g/mol. The van der Waals surface area contributed by atoms with Gasteiger partial charge in [0.05, 0.1) is 25.9 Å². The molecule has 0 radical (unpaired) electrons. The third-order valence-corrected chi connectivity index (χ3v) is 3.73. The maximum atomic E-state index is 12.3. The number of carbonyl (C=O) groups excluding carboxylic acids is 1. The van der Waals surface area contributed by atoms with Gasteiger partial charge in [0, 0.05) is 12.1 Å². The number of benzene rings is 2. The zero-order chi connectivity index (χ0) is 18.1. The van der Waals surface area contributed by atoms with Gasteiger partial charge in [-0.3, -0.25) is 4.79 Å². The van der Waals surface area contributed by atoms with Crippen LogP contribution in [0, 0.1) is 6.92 Å². The van der Waals surface area contributed by atoms with Gasteiger partial charge in [-0.15, -0.1) is 0 Å². The van der Waals surface area contributed by atoms with Crippen LogP contribution in [-0.4, -0.2) is 37.4 Å². The van der Waals surface area contributed by atoms with Crippen molar-refractivity contribution in [2.24, 2.45) is 0 Å². The maximum Gasteiger partial charge on any atom is 0.251 e. The molecule has 1 amide bonds. The van der Waals surface area contributed by atoms with Gasteiger partial charge in [-0.05, 0) is 43.7 Å². The Hall–Kier alpha value is -2.37. The summed E-state index contributed by atoms with van der Waals surface area (Å²) in [5, 5.41) is 11.9. The average Bonchev–Trinajstić information content (AvgIpc) is 2.63. The van der Waals surface area contributed by atoms with Crippen molar-refractivity contribution in [2.45, 2.75) is 20.0 Å². The summed E-state index contributed by atoms with van der Waals surface area (Å²) in [4.78, 5) is 12.3. The van der Waals surface area contributed by atoms with E-state index < -0.39 is 0 Å². The minimum Gasteiger partial charge on any atom is -0.494 e. The van der Waals surface area contributed by atoms with Crippen LogP contribution < -0.4 is 10.1 Å². The first-order chi connectivity index (χ1) is 12.1. The van der Waals surface area contributed by atoms with Crippen LogP contribution in [-0.2, 0) is 4.74 Å². The fourth-order valence-corrected chi connectivity index (χ4v) is 2.41. The zero-order valence-corrected chi connectivity index (χ0v) is 14.7. The fourth-order valence-electron chi connectivity index (χ4n) is 2.41. The van der Waals surface area contributed by atoms with Gasteiger partial charge in [-0.1, -0.05) is 29.8 Å². The van der Waals surface area contributed by atoms with Crippen LogP contribution in [0.25, 0.3) is 0 Å². The molecule has 2 aromatic rings. The van der Waals surface area contributed by atoms with E-state index in [2.05, 4.69) is 5.32 Å². The van der Waals surface area contributed by atoms with E-state index >= 15 is 0 Å². The van der Waals surface area contributed by atoms with E-state index in [1.807, 2.05) is 38.1 Å². The lowest BCUT2D eigenvalue weighted by atomic mass is 10.1. The first-order valence-electron chi connectivity index (χ1n) is 8.44. The normalized spacial score (nSPS) is 11.8. The molecule has 0 aromatic heterocycles. The van der Waals surface area contributed by atoms with Crippen LogP contribution in [0.4, 0.5) is 0 Å².